The summed E-state index contributed by atoms with van der Waals surface area (Å²) in [4.78, 5) is 3.89. The van der Waals surface area contributed by atoms with Gasteiger partial charge in [0, 0.05) is 6.54 Å². The van der Waals surface area contributed by atoms with Crippen LogP contribution in [0.1, 0.15) is 16.8 Å². The highest BCUT2D eigenvalue weighted by Crippen LogP contribution is 2.40. The molecule has 9 heteroatoms. The molecule has 3 nitrogen and oxygen atoms in total. The van der Waals surface area contributed by atoms with E-state index in [4.69, 9.17) is 5.73 Å². The first kappa shape index (κ1) is 17.1. The average molecular weight is 335 g/mol. The molecule has 0 fully saturated rings. The molecule has 0 bridgehead atoms. The van der Waals surface area contributed by atoms with Crippen molar-refractivity contribution in [3.63, 3.8) is 0 Å². The Balaban J connectivity index is 2.40. The van der Waals surface area contributed by atoms with Crippen LogP contribution in [0.15, 0.2) is 36.5 Å². The van der Waals surface area contributed by atoms with E-state index in [1.54, 1.807) is 0 Å². The van der Waals surface area contributed by atoms with Crippen molar-refractivity contribution in [3.8, 4) is 0 Å². The second-order valence-corrected chi connectivity index (χ2v) is 4.62. The van der Waals surface area contributed by atoms with Crippen molar-refractivity contribution in [2.75, 3.05) is 5.32 Å². The van der Waals surface area contributed by atoms with Gasteiger partial charge in [0.2, 0.25) is 0 Å². The van der Waals surface area contributed by atoms with Crippen molar-refractivity contribution in [1.82, 2.24) is 4.98 Å². The van der Waals surface area contributed by atoms with Gasteiger partial charge in [-0.25, -0.2) is 0 Å². The molecule has 0 saturated heterocycles. The second-order valence-electron chi connectivity index (χ2n) is 4.62. The molecule has 0 aliphatic rings. The SMILES string of the molecule is NCc1ccc(Nc2ccc(C(F)(F)F)cc2C(F)(F)F)cn1. The summed E-state index contributed by atoms with van der Waals surface area (Å²) in [7, 11) is 0. The number of nitrogens with zero attached hydrogens (tertiary/aromatic N) is 1. The van der Waals surface area contributed by atoms with Gasteiger partial charge in [0.25, 0.3) is 0 Å². The van der Waals surface area contributed by atoms with E-state index < -0.39 is 29.2 Å². The normalized spacial score (nSPS) is 12.3. The summed E-state index contributed by atoms with van der Waals surface area (Å²) in [5, 5.41) is 2.42. The zero-order valence-corrected chi connectivity index (χ0v) is 11.5. The fraction of sp³-hybridized carbons (Fsp3) is 0.214. The van der Waals surface area contributed by atoms with Gasteiger partial charge >= 0.3 is 12.4 Å². The molecule has 2 rings (SSSR count). The maximum atomic E-state index is 13.0. The lowest BCUT2D eigenvalue weighted by atomic mass is 10.1. The number of nitrogens with two attached hydrogens (primary N) is 1. The standard InChI is InChI=1S/C14H11F6N3/c15-13(16,17)8-1-4-12(11(5-8)14(18,19)20)23-10-3-2-9(6-21)22-7-10/h1-5,7,23H,6,21H2. The third-order valence-electron chi connectivity index (χ3n) is 2.97. The Kier molecular flexibility index (Phi) is 4.51. The zero-order valence-electron chi connectivity index (χ0n) is 11.5. The van der Waals surface area contributed by atoms with Crippen LogP contribution in [0, 0.1) is 0 Å². The summed E-state index contributed by atoms with van der Waals surface area (Å²) in [5.41, 5.74) is 2.81. The van der Waals surface area contributed by atoms with Gasteiger partial charge in [-0.2, -0.15) is 26.3 Å². The summed E-state index contributed by atoms with van der Waals surface area (Å²) in [5.74, 6) is 0. The lowest BCUT2D eigenvalue weighted by Gasteiger charge is -2.17. The summed E-state index contributed by atoms with van der Waals surface area (Å²) in [6, 6.07) is 4.33. The number of nitrogens with one attached hydrogen (secondary N) is 1. The molecule has 3 N–H and O–H groups in total. The molecule has 0 aliphatic carbocycles. The largest absolute Gasteiger partial charge is 0.418 e. The number of benzene rings is 1. The van der Waals surface area contributed by atoms with Crippen LogP contribution in [0.25, 0.3) is 0 Å². The van der Waals surface area contributed by atoms with Crippen molar-refractivity contribution in [1.29, 1.82) is 0 Å². The van der Waals surface area contributed by atoms with E-state index in [-0.39, 0.29) is 18.3 Å². The van der Waals surface area contributed by atoms with Gasteiger partial charge in [-0.15, -0.1) is 0 Å². The number of hydrogen-bond acceptors (Lipinski definition) is 3. The molecule has 0 saturated carbocycles. The molecule has 1 aromatic carbocycles. The molecule has 0 amide bonds. The monoisotopic (exact) mass is 335 g/mol. The van der Waals surface area contributed by atoms with Crippen molar-refractivity contribution >= 4 is 11.4 Å². The number of aromatic nitrogens is 1. The average Bonchev–Trinajstić information content (AvgIpc) is 2.46. The topological polar surface area (TPSA) is 50.9 Å². The van der Waals surface area contributed by atoms with E-state index in [1.807, 2.05) is 0 Å². The van der Waals surface area contributed by atoms with Gasteiger partial charge < -0.3 is 11.1 Å². The minimum Gasteiger partial charge on any atom is -0.354 e. The van der Waals surface area contributed by atoms with E-state index >= 15 is 0 Å². The molecule has 2 aromatic rings. The molecule has 0 unspecified atom stereocenters. The fourth-order valence-electron chi connectivity index (χ4n) is 1.84. The first-order valence-corrected chi connectivity index (χ1v) is 6.31. The Morgan fingerprint density at radius 3 is 2.13 bits per heavy atom. The number of anilines is 2. The van der Waals surface area contributed by atoms with Crippen molar-refractivity contribution in [2.24, 2.45) is 5.73 Å². The number of rotatable bonds is 3. The van der Waals surface area contributed by atoms with Crippen LogP contribution in [-0.2, 0) is 18.9 Å². The Bertz CT molecular complexity index is 676. The first-order valence-electron chi connectivity index (χ1n) is 6.31. The van der Waals surface area contributed by atoms with Crippen LogP contribution >= 0.6 is 0 Å². The lowest BCUT2D eigenvalue weighted by molar-refractivity contribution is -0.142. The number of halogens is 6. The van der Waals surface area contributed by atoms with Crippen molar-refractivity contribution < 1.29 is 26.3 Å². The molecule has 0 atom stereocenters. The molecular formula is C14H11F6N3. The van der Waals surface area contributed by atoms with Gasteiger partial charge in [-0.05, 0) is 30.3 Å². The second kappa shape index (κ2) is 6.07. The van der Waals surface area contributed by atoms with Crippen LogP contribution in [0.4, 0.5) is 37.7 Å². The maximum absolute atomic E-state index is 13.0. The predicted octanol–water partition coefficient (Wildman–Crippen LogP) is 4.32. The zero-order chi connectivity index (χ0) is 17.3. The van der Waals surface area contributed by atoms with Crippen LogP contribution in [-0.4, -0.2) is 4.98 Å². The highest BCUT2D eigenvalue weighted by Gasteiger charge is 2.38. The Morgan fingerprint density at radius 2 is 1.65 bits per heavy atom. The molecule has 1 aromatic heterocycles. The highest BCUT2D eigenvalue weighted by atomic mass is 19.4. The minimum atomic E-state index is -4.94. The minimum absolute atomic E-state index is 0.0734. The van der Waals surface area contributed by atoms with Crippen LogP contribution in [0.5, 0.6) is 0 Å². The lowest BCUT2D eigenvalue weighted by Crippen LogP contribution is -2.13. The molecule has 1 heterocycles. The summed E-state index contributed by atoms with van der Waals surface area (Å²) < 4.78 is 76.8. The molecule has 23 heavy (non-hydrogen) atoms. The first-order chi connectivity index (χ1) is 10.6. The fourth-order valence-corrected chi connectivity index (χ4v) is 1.84. The summed E-state index contributed by atoms with van der Waals surface area (Å²) in [6.07, 6.45) is -8.54. The van der Waals surface area contributed by atoms with Gasteiger partial charge in [-0.3, -0.25) is 4.98 Å². The highest BCUT2D eigenvalue weighted by molar-refractivity contribution is 5.64. The quantitative estimate of drug-likeness (QED) is 0.821. The van der Waals surface area contributed by atoms with Gasteiger partial charge in [0.05, 0.1) is 34.4 Å². The Labute approximate surface area is 127 Å². The van der Waals surface area contributed by atoms with Crippen LogP contribution in [0.2, 0.25) is 0 Å². The molecular weight excluding hydrogens is 324 g/mol. The Morgan fingerprint density at radius 1 is 0.957 bits per heavy atom. The maximum Gasteiger partial charge on any atom is 0.418 e. The Hall–Kier alpha value is -2.29. The predicted molar refractivity (Wildman–Crippen MR) is 71.9 cm³/mol. The molecule has 0 radical (unpaired) electrons. The third kappa shape index (κ3) is 4.13. The van der Waals surface area contributed by atoms with E-state index in [0.29, 0.717) is 11.8 Å². The van der Waals surface area contributed by atoms with E-state index in [9.17, 15) is 26.3 Å². The summed E-state index contributed by atoms with van der Waals surface area (Å²) >= 11 is 0. The van der Waals surface area contributed by atoms with Crippen molar-refractivity contribution in [2.45, 2.75) is 18.9 Å². The smallest absolute Gasteiger partial charge is 0.354 e. The van der Waals surface area contributed by atoms with E-state index in [0.717, 1.165) is 6.07 Å². The van der Waals surface area contributed by atoms with Gasteiger partial charge in [0.1, 0.15) is 0 Å². The van der Waals surface area contributed by atoms with Gasteiger partial charge in [0.15, 0.2) is 0 Å². The van der Waals surface area contributed by atoms with Crippen molar-refractivity contribution in [3.05, 3.63) is 53.3 Å². The summed E-state index contributed by atoms with van der Waals surface area (Å²) in [6.45, 7) is 0.161. The van der Waals surface area contributed by atoms with Crippen LogP contribution in [0.3, 0.4) is 0 Å². The third-order valence-corrected chi connectivity index (χ3v) is 2.97. The van der Waals surface area contributed by atoms with E-state index in [2.05, 4.69) is 10.3 Å². The van der Waals surface area contributed by atoms with Crippen LogP contribution < -0.4 is 11.1 Å². The number of alkyl halides is 6. The number of pyridine rings is 1. The van der Waals surface area contributed by atoms with Gasteiger partial charge in [-0.1, -0.05) is 0 Å². The molecule has 124 valence electrons. The van der Waals surface area contributed by atoms with E-state index in [1.165, 1.54) is 18.3 Å². The number of hydrogen-bond donors (Lipinski definition) is 2. The molecule has 0 aliphatic heterocycles. The molecule has 0 spiro atoms.